The van der Waals surface area contributed by atoms with Crippen LogP contribution in [-0.2, 0) is 31.1 Å². The summed E-state index contributed by atoms with van der Waals surface area (Å²) < 4.78 is 43.3. The number of halogens is 3. The van der Waals surface area contributed by atoms with Crippen LogP contribution in [0.5, 0.6) is 0 Å². The van der Waals surface area contributed by atoms with E-state index >= 15 is 0 Å². The molecule has 0 aliphatic rings. The third kappa shape index (κ3) is 6.91. The summed E-state index contributed by atoms with van der Waals surface area (Å²) in [4.78, 5) is 14.5. The summed E-state index contributed by atoms with van der Waals surface area (Å²) in [5.74, 6) is 7.10. The van der Waals surface area contributed by atoms with Crippen LogP contribution in [0.15, 0.2) is 96.9 Å². The molecule has 1 aromatic heterocycles. The summed E-state index contributed by atoms with van der Waals surface area (Å²) in [5.41, 5.74) is 0.173. The number of alkyl halides is 3. The van der Waals surface area contributed by atoms with Crippen LogP contribution in [0.1, 0.15) is 19.4 Å². The van der Waals surface area contributed by atoms with Gasteiger partial charge in [-0.15, -0.1) is 6.07 Å². The van der Waals surface area contributed by atoms with Gasteiger partial charge in [-0.2, -0.15) is 13.2 Å². The van der Waals surface area contributed by atoms with Gasteiger partial charge >= 0.3 is 167 Å². The fourth-order valence-electron chi connectivity index (χ4n) is 5.38. The number of hydrogen-bond acceptors (Lipinski definition) is 3. The maximum absolute atomic E-state index is 14.0. The Bertz CT molecular complexity index is 2060. The van der Waals surface area contributed by atoms with Crippen molar-refractivity contribution < 1.29 is 43.2 Å². The van der Waals surface area contributed by atoms with E-state index in [1.807, 2.05) is 12.1 Å². The predicted octanol–water partition coefficient (Wildman–Crippen LogP) is 9.76. The van der Waals surface area contributed by atoms with Crippen molar-refractivity contribution in [1.82, 2.24) is 4.98 Å². The first-order chi connectivity index (χ1) is 20.2. The topological polar surface area (TPSA) is 50.2 Å². The van der Waals surface area contributed by atoms with E-state index in [2.05, 4.69) is 64.7 Å². The maximum Gasteiger partial charge on any atom is 0 e. The van der Waals surface area contributed by atoms with E-state index in [4.69, 9.17) is 5.11 Å². The SMILES string of the molecule is CC(=O)/C=C(/C)O.[CH3][Ge]([CH3])([CH3])[c]1ccc2c(ccc3c4ccnc(-c5[c-]c6ccccc6c(C(F)(F)F)c5)c4ccc23)c1.[Ir]. The summed E-state index contributed by atoms with van der Waals surface area (Å²) in [6.45, 7) is 2.85. The number of rotatable bonds is 3. The maximum atomic E-state index is 14.0. The number of aromatic nitrogens is 1. The minimum absolute atomic E-state index is 0. The number of allylic oxidation sites excluding steroid dienone is 2. The molecule has 0 spiro atoms. The first-order valence-corrected chi connectivity index (χ1v) is 21.2. The Morgan fingerprint density at radius 1 is 0.818 bits per heavy atom. The van der Waals surface area contributed by atoms with E-state index in [0.29, 0.717) is 16.6 Å². The number of ketones is 1. The van der Waals surface area contributed by atoms with Crippen LogP contribution in [0, 0.1) is 6.07 Å². The average molecular weight is 831 g/mol. The second kappa shape index (κ2) is 12.8. The fourth-order valence-corrected chi connectivity index (χ4v) is 7.84. The number of pyridine rings is 1. The van der Waals surface area contributed by atoms with Crippen molar-refractivity contribution in [3.8, 4) is 11.3 Å². The number of aliphatic hydroxyl groups excluding tert-OH is 1. The van der Waals surface area contributed by atoms with Gasteiger partial charge in [0.2, 0.25) is 0 Å². The molecule has 0 unspecified atom stereocenters. The fraction of sp³-hybridized carbons (Fsp3) is 0.167. The Labute approximate surface area is 270 Å². The van der Waals surface area contributed by atoms with Crippen molar-refractivity contribution in [3.63, 3.8) is 0 Å². The first kappa shape index (κ1) is 33.4. The number of carbonyl (C=O) groups excluding carboxylic acids is 1. The van der Waals surface area contributed by atoms with Gasteiger partial charge in [0.05, 0.1) is 5.76 Å². The first-order valence-electron chi connectivity index (χ1n) is 13.9. The van der Waals surface area contributed by atoms with Crippen LogP contribution in [0.2, 0.25) is 17.3 Å². The Hall–Kier alpha value is -3.52. The summed E-state index contributed by atoms with van der Waals surface area (Å²) in [7, 11) is 0. The monoisotopic (exact) mass is 833 g/mol. The zero-order chi connectivity index (χ0) is 31.1. The van der Waals surface area contributed by atoms with Gasteiger partial charge in [0.15, 0.2) is 5.78 Å². The molecule has 0 amide bonds. The molecule has 0 fully saturated rings. The molecule has 0 atom stereocenters. The van der Waals surface area contributed by atoms with Gasteiger partial charge in [-0.25, -0.2) is 0 Å². The van der Waals surface area contributed by atoms with Crippen molar-refractivity contribution in [3.05, 3.63) is 109 Å². The van der Waals surface area contributed by atoms with Gasteiger partial charge < -0.3 is 5.11 Å². The number of benzene rings is 5. The van der Waals surface area contributed by atoms with Gasteiger partial charge in [0.25, 0.3) is 0 Å². The molecule has 44 heavy (non-hydrogen) atoms. The number of fused-ring (bicyclic) bond motifs is 6. The van der Waals surface area contributed by atoms with E-state index < -0.39 is 25.0 Å². The molecule has 0 aliphatic heterocycles. The quantitative estimate of drug-likeness (QED) is 0.0636. The van der Waals surface area contributed by atoms with Gasteiger partial charge in [-0.05, 0) is 13.8 Å². The van der Waals surface area contributed by atoms with Crippen LogP contribution in [0.4, 0.5) is 13.2 Å². The average Bonchev–Trinajstić information content (AvgIpc) is 2.94. The second-order valence-electron chi connectivity index (χ2n) is 11.7. The summed E-state index contributed by atoms with van der Waals surface area (Å²) in [6.07, 6.45) is -1.64. The van der Waals surface area contributed by atoms with Crippen LogP contribution < -0.4 is 4.40 Å². The van der Waals surface area contributed by atoms with Crippen LogP contribution in [0.3, 0.4) is 0 Å². The Balaban J connectivity index is 0.000000497. The van der Waals surface area contributed by atoms with Crippen LogP contribution in [0.25, 0.3) is 54.3 Å². The Morgan fingerprint density at radius 2 is 1.43 bits per heavy atom. The van der Waals surface area contributed by atoms with Crippen LogP contribution in [-0.4, -0.2) is 29.1 Å². The largest absolute Gasteiger partial charge is 0 e. The van der Waals surface area contributed by atoms with E-state index in [1.54, 1.807) is 24.4 Å². The number of aliphatic hydroxyl groups is 1. The van der Waals surface area contributed by atoms with E-state index in [0.717, 1.165) is 21.5 Å². The molecule has 1 N–H and O–H groups in total. The van der Waals surface area contributed by atoms with Crippen molar-refractivity contribution in [1.29, 1.82) is 0 Å². The molecule has 8 heteroatoms. The molecule has 5 aromatic carbocycles. The summed E-state index contributed by atoms with van der Waals surface area (Å²) in [5, 5.41) is 15.3. The Kier molecular flexibility index (Phi) is 9.74. The molecule has 0 bridgehead atoms. The molecule has 1 radical (unpaired) electrons. The smallest absolute Gasteiger partial charge is 0 e. The minimum Gasteiger partial charge on any atom is 0 e. The number of carbonyl (C=O) groups is 1. The normalized spacial score (nSPS) is 12.2. The molecule has 6 rings (SSSR count). The molecule has 0 aliphatic carbocycles. The molecular weight excluding hydrogens is 800 g/mol. The van der Waals surface area contributed by atoms with Gasteiger partial charge in [0, 0.05) is 26.2 Å². The summed E-state index contributed by atoms with van der Waals surface area (Å²) in [6, 6.07) is 27.9. The zero-order valence-corrected chi connectivity index (χ0v) is 29.4. The molecule has 1 heterocycles. The van der Waals surface area contributed by atoms with Crippen molar-refractivity contribution in [2.24, 2.45) is 0 Å². The van der Waals surface area contributed by atoms with Crippen LogP contribution >= 0.6 is 0 Å². The zero-order valence-electron chi connectivity index (χ0n) is 24.9. The van der Waals surface area contributed by atoms with Gasteiger partial charge in [0.1, 0.15) is 0 Å². The molecule has 0 saturated heterocycles. The molecule has 227 valence electrons. The van der Waals surface area contributed by atoms with E-state index in [1.165, 1.54) is 47.2 Å². The van der Waals surface area contributed by atoms with Crippen molar-refractivity contribution in [2.75, 3.05) is 0 Å². The van der Waals surface area contributed by atoms with Crippen molar-refractivity contribution in [2.45, 2.75) is 37.3 Å². The predicted molar refractivity (Wildman–Crippen MR) is 174 cm³/mol. The van der Waals surface area contributed by atoms with E-state index in [-0.39, 0.29) is 37.0 Å². The minimum atomic E-state index is -4.48. The molecular formula is C36H31F3GeIrNO2-. The van der Waals surface area contributed by atoms with E-state index in [9.17, 15) is 18.0 Å². The van der Waals surface area contributed by atoms with Crippen molar-refractivity contribution >= 4 is 66.5 Å². The molecule has 3 nitrogen and oxygen atoms in total. The Morgan fingerprint density at radius 3 is 2.07 bits per heavy atom. The molecule has 6 aromatic rings. The summed E-state index contributed by atoms with van der Waals surface area (Å²) >= 11 is -1.96. The molecule has 0 saturated carbocycles. The third-order valence-corrected chi connectivity index (χ3v) is 11.7. The third-order valence-electron chi connectivity index (χ3n) is 7.37. The van der Waals surface area contributed by atoms with Gasteiger partial charge in [-0.1, -0.05) is 23.6 Å². The second-order valence-corrected chi connectivity index (χ2v) is 22.4. The number of nitrogens with zero attached hydrogens (tertiary/aromatic N) is 1. The standard InChI is InChI=1S/C31H23F3GeN.C5H8O2.Ir/c1-35(2,3)22-9-11-23-20(17-22)8-10-26-25(23)12-13-28-27(26)14-15-36-30(28)21-16-19-6-4-5-7-24(19)29(18-21)31(32,33)34;1-4(6)3-5(2)7;/h4-15,17-18H,1-3H3;3,6H,1-2H3;/q-1;;/b;4-3-;. The number of hydrogen-bond donors (Lipinski definition) is 1. The van der Waals surface area contributed by atoms with Gasteiger partial charge in [-0.3, -0.25) is 4.79 Å².